The molecule has 1 N–H and O–H groups in total. The Labute approximate surface area is 38.2 Å². The predicted molar refractivity (Wildman–Crippen MR) is 23.2 cm³/mol. The second-order valence-electron chi connectivity index (χ2n) is 1.34. The van der Waals surface area contributed by atoms with E-state index in [1.807, 2.05) is 0 Å². The number of hydroxylamine groups is 1. The summed E-state index contributed by atoms with van der Waals surface area (Å²) < 4.78 is 0. The van der Waals surface area contributed by atoms with Gasteiger partial charge in [0.05, 0.1) is 0 Å². The van der Waals surface area contributed by atoms with Crippen molar-refractivity contribution in [2.24, 2.45) is 0 Å². The van der Waals surface area contributed by atoms with Crippen LogP contribution in [0.2, 0.25) is 0 Å². The summed E-state index contributed by atoms with van der Waals surface area (Å²) >= 11 is 0. The van der Waals surface area contributed by atoms with Gasteiger partial charge in [-0.2, -0.15) is 0 Å². The molecule has 0 bridgehead atoms. The SMILES string of the molecule is [B][C@H]1CCNO1. The van der Waals surface area contributed by atoms with Crippen LogP contribution in [0.15, 0.2) is 0 Å². The number of hydrogen-bond acceptors (Lipinski definition) is 2. The molecule has 0 aromatic heterocycles. The average molecular weight is 82.9 g/mol. The van der Waals surface area contributed by atoms with Crippen molar-refractivity contribution < 1.29 is 4.84 Å². The highest BCUT2D eigenvalue weighted by molar-refractivity contribution is 6.11. The average Bonchev–Trinajstić information content (AvgIpc) is 1.86. The first kappa shape index (κ1) is 4.15. The van der Waals surface area contributed by atoms with Crippen LogP contribution in [0.5, 0.6) is 0 Å². The molecular weight excluding hydrogens is 76.9 g/mol. The Hall–Kier alpha value is -0.0151. The maximum atomic E-state index is 5.25. The smallest absolute Gasteiger partial charge is 0.111 e. The van der Waals surface area contributed by atoms with E-state index in [4.69, 9.17) is 7.85 Å². The lowest BCUT2D eigenvalue weighted by Crippen LogP contribution is -2.08. The summed E-state index contributed by atoms with van der Waals surface area (Å²) in [5, 5.41) is 0. The van der Waals surface area contributed by atoms with E-state index < -0.39 is 0 Å². The first-order chi connectivity index (χ1) is 2.89. The molecule has 2 radical (unpaired) electrons. The zero-order valence-electron chi connectivity index (χ0n) is 3.48. The van der Waals surface area contributed by atoms with E-state index in [1.54, 1.807) is 0 Å². The van der Waals surface area contributed by atoms with Crippen LogP contribution in [-0.4, -0.2) is 20.4 Å². The summed E-state index contributed by atoms with van der Waals surface area (Å²) in [6.45, 7) is 0.890. The molecule has 1 aliphatic rings. The molecule has 1 heterocycles. The quantitative estimate of drug-likeness (QED) is 0.395. The Bertz CT molecular complexity index is 44.1. The van der Waals surface area contributed by atoms with Gasteiger partial charge in [-0.1, -0.05) is 0 Å². The minimum absolute atomic E-state index is 0.0648. The van der Waals surface area contributed by atoms with E-state index in [1.165, 1.54) is 0 Å². The molecule has 1 saturated heterocycles. The third-order valence-corrected chi connectivity index (χ3v) is 0.766. The molecule has 0 saturated carbocycles. The van der Waals surface area contributed by atoms with Crippen molar-refractivity contribution in [2.75, 3.05) is 6.54 Å². The normalized spacial score (nSPS) is 34.3. The molecule has 1 aliphatic heterocycles. The lowest BCUT2D eigenvalue weighted by molar-refractivity contribution is 0.0786. The van der Waals surface area contributed by atoms with E-state index in [0.29, 0.717) is 0 Å². The molecule has 32 valence electrons. The zero-order chi connectivity index (χ0) is 4.41. The molecule has 0 spiro atoms. The van der Waals surface area contributed by atoms with Crippen molar-refractivity contribution in [1.29, 1.82) is 0 Å². The molecule has 2 nitrogen and oxygen atoms in total. The van der Waals surface area contributed by atoms with Gasteiger partial charge in [-0.25, -0.2) is 5.48 Å². The standard InChI is InChI=1S/C3H6BNO/c4-3-1-2-5-6-3/h3,5H,1-2H2/t3-/m1/s1. The van der Waals surface area contributed by atoms with Crippen LogP contribution in [0.1, 0.15) is 6.42 Å². The number of rotatable bonds is 0. The molecule has 6 heavy (non-hydrogen) atoms. The van der Waals surface area contributed by atoms with Crippen LogP contribution in [0.25, 0.3) is 0 Å². The summed E-state index contributed by atoms with van der Waals surface area (Å²) in [4.78, 5) is 4.68. The maximum Gasteiger partial charge on any atom is 0.111 e. The number of nitrogens with one attached hydrogen (secondary N) is 1. The molecular formula is C3H6BNO. The van der Waals surface area contributed by atoms with Gasteiger partial charge in [-0.05, 0) is 6.42 Å². The molecule has 0 aliphatic carbocycles. The van der Waals surface area contributed by atoms with Gasteiger partial charge in [0.1, 0.15) is 7.85 Å². The van der Waals surface area contributed by atoms with Crippen LogP contribution in [-0.2, 0) is 4.84 Å². The van der Waals surface area contributed by atoms with Crippen molar-refractivity contribution in [1.82, 2.24) is 5.48 Å². The van der Waals surface area contributed by atoms with Gasteiger partial charge in [-0.3, -0.25) is 0 Å². The predicted octanol–water partition coefficient (Wildman–Crippen LogP) is -0.594. The highest BCUT2D eigenvalue weighted by Gasteiger charge is 2.06. The van der Waals surface area contributed by atoms with Crippen molar-refractivity contribution >= 4 is 7.85 Å². The highest BCUT2D eigenvalue weighted by atomic mass is 16.7. The Morgan fingerprint density at radius 1 is 1.83 bits per heavy atom. The monoisotopic (exact) mass is 83.1 g/mol. The van der Waals surface area contributed by atoms with Gasteiger partial charge in [0, 0.05) is 12.5 Å². The summed E-state index contributed by atoms with van der Waals surface area (Å²) in [5.41, 5.74) is 2.65. The molecule has 0 aromatic carbocycles. The summed E-state index contributed by atoms with van der Waals surface area (Å²) in [5.74, 6) is 0. The molecule has 0 amide bonds. The van der Waals surface area contributed by atoms with Crippen LogP contribution < -0.4 is 5.48 Å². The molecule has 1 fully saturated rings. The van der Waals surface area contributed by atoms with Crippen LogP contribution in [0, 0.1) is 0 Å². The molecule has 1 rings (SSSR count). The van der Waals surface area contributed by atoms with Crippen molar-refractivity contribution in [3.8, 4) is 0 Å². The van der Waals surface area contributed by atoms with Gasteiger partial charge >= 0.3 is 0 Å². The molecule has 1 atom stereocenters. The molecule has 0 aromatic rings. The minimum atomic E-state index is -0.0648. The van der Waals surface area contributed by atoms with Gasteiger partial charge < -0.3 is 4.84 Å². The lowest BCUT2D eigenvalue weighted by atomic mass is 9.98. The Morgan fingerprint density at radius 3 is 2.83 bits per heavy atom. The Balaban J connectivity index is 2.18. The van der Waals surface area contributed by atoms with Crippen LogP contribution in [0.3, 0.4) is 0 Å². The fourth-order valence-corrected chi connectivity index (χ4v) is 0.426. The van der Waals surface area contributed by atoms with E-state index in [0.717, 1.165) is 13.0 Å². The van der Waals surface area contributed by atoms with Crippen molar-refractivity contribution in [2.45, 2.75) is 12.4 Å². The summed E-state index contributed by atoms with van der Waals surface area (Å²) in [7, 11) is 5.25. The minimum Gasteiger partial charge on any atom is -0.308 e. The third kappa shape index (κ3) is 0.728. The summed E-state index contributed by atoms with van der Waals surface area (Å²) in [6, 6.07) is -0.0648. The van der Waals surface area contributed by atoms with Crippen LogP contribution >= 0.6 is 0 Å². The Morgan fingerprint density at radius 2 is 2.67 bits per heavy atom. The van der Waals surface area contributed by atoms with Gasteiger partial charge in [0.15, 0.2) is 0 Å². The zero-order valence-corrected chi connectivity index (χ0v) is 3.48. The molecule has 0 unspecified atom stereocenters. The van der Waals surface area contributed by atoms with E-state index >= 15 is 0 Å². The molecule has 3 heteroatoms. The fraction of sp³-hybridized carbons (Fsp3) is 1.00. The topological polar surface area (TPSA) is 21.3 Å². The third-order valence-electron chi connectivity index (χ3n) is 0.766. The maximum absolute atomic E-state index is 5.25. The van der Waals surface area contributed by atoms with Crippen LogP contribution in [0.4, 0.5) is 0 Å². The largest absolute Gasteiger partial charge is 0.308 e. The van der Waals surface area contributed by atoms with Gasteiger partial charge in [0.2, 0.25) is 0 Å². The second-order valence-corrected chi connectivity index (χ2v) is 1.34. The van der Waals surface area contributed by atoms with Crippen molar-refractivity contribution in [3.05, 3.63) is 0 Å². The van der Waals surface area contributed by atoms with E-state index in [2.05, 4.69) is 10.3 Å². The second kappa shape index (κ2) is 1.62. The van der Waals surface area contributed by atoms with Crippen molar-refractivity contribution in [3.63, 3.8) is 0 Å². The highest BCUT2D eigenvalue weighted by Crippen LogP contribution is 1.95. The van der Waals surface area contributed by atoms with Gasteiger partial charge in [-0.15, -0.1) is 0 Å². The number of hydrogen-bond donors (Lipinski definition) is 1. The van der Waals surface area contributed by atoms with E-state index in [9.17, 15) is 0 Å². The Kier molecular flexibility index (Phi) is 1.12. The van der Waals surface area contributed by atoms with Gasteiger partial charge in [0.25, 0.3) is 0 Å². The van der Waals surface area contributed by atoms with E-state index in [-0.39, 0.29) is 6.00 Å². The summed E-state index contributed by atoms with van der Waals surface area (Å²) in [6.07, 6.45) is 0.931. The fourth-order valence-electron chi connectivity index (χ4n) is 0.426. The lowest BCUT2D eigenvalue weighted by Gasteiger charge is -1.93. The first-order valence-electron chi connectivity index (χ1n) is 2.03. The first-order valence-corrected chi connectivity index (χ1v) is 2.03.